The highest BCUT2D eigenvalue weighted by atomic mass is 16.5. The molecule has 5 heteroatoms. The highest BCUT2D eigenvalue weighted by molar-refractivity contribution is 6.11. The molecule has 0 fully saturated rings. The molecule has 2 aromatic carbocycles. The van der Waals surface area contributed by atoms with E-state index >= 15 is 0 Å². The highest BCUT2D eigenvalue weighted by Gasteiger charge is 2.11. The van der Waals surface area contributed by atoms with Crippen LogP contribution in [0.2, 0.25) is 0 Å². The summed E-state index contributed by atoms with van der Waals surface area (Å²) in [4.78, 5) is 23.4. The van der Waals surface area contributed by atoms with Crippen molar-refractivity contribution < 1.29 is 23.8 Å². The molecule has 0 saturated heterocycles. The van der Waals surface area contributed by atoms with Crippen LogP contribution in [0.15, 0.2) is 42.5 Å². The molecule has 2 rings (SSSR count). The first-order valence-corrected chi connectivity index (χ1v) is 7.10. The van der Waals surface area contributed by atoms with Crippen LogP contribution in [0.3, 0.4) is 0 Å². The smallest absolute Gasteiger partial charge is 0.308 e. The second-order valence-corrected chi connectivity index (χ2v) is 4.77. The molecule has 0 amide bonds. The van der Waals surface area contributed by atoms with E-state index in [2.05, 4.69) is 11.8 Å². The van der Waals surface area contributed by atoms with Crippen molar-refractivity contribution in [2.75, 3.05) is 14.2 Å². The highest BCUT2D eigenvalue weighted by Crippen LogP contribution is 2.22. The Morgan fingerprint density at radius 2 is 1.58 bits per heavy atom. The molecule has 0 atom stereocenters. The largest absolute Gasteiger partial charge is 0.497 e. The van der Waals surface area contributed by atoms with Gasteiger partial charge in [-0.05, 0) is 30.2 Å². The minimum absolute atomic E-state index is 0.188. The maximum absolute atomic E-state index is 12.3. The molecule has 0 aliphatic rings. The van der Waals surface area contributed by atoms with Gasteiger partial charge in [0.05, 0.1) is 19.8 Å². The molecular formula is C19H16O5. The van der Waals surface area contributed by atoms with Crippen LogP contribution in [0.5, 0.6) is 17.2 Å². The first-order valence-electron chi connectivity index (χ1n) is 7.10. The number of carbonyl (C=O) groups excluding carboxylic acids is 2. The summed E-state index contributed by atoms with van der Waals surface area (Å²) in [5, 5.41) is 0. The van der Waals surface area contributed by atoms with E-state index in [0.717, 1.165) is 0 Å². The van der Waals surface area contributed by atoms with E-state index in [4.69, 9.17) is 14.2 Å². The van der Waals surface area contributed by atoms with Crippen LogP contribution in [0.1, 0.15) is 22.8 Å². The van der Waals surface area contributed by atoms with E-state index in [9.17, 15) is 9.59 Å². The third kappa shape index (κ3) is 4.37. The molecule has 0 saturated carbocycles. The third-order valence-electron chi connectivity index (χ3n) is 3.06. The van der Waals surface area contributed by atoms with Crippen LogP contribution >= 0.6 is 0 Å². The van der Waals surface area contributed by atoms with E-state index < -0.39 is 11.8 Å². The van der Waals surface area contributed by atoms with Gasteiger partial charge in [0.15, 0.2) is 0 Å². The number of hydrogen-bond donors (Lipinski definition) is 0. The van der Waals surface area contributed by atoms with Crippen molar-refractivity contribution in [3.8, 4) is 29.1 Å². The van der Waals surface area contributed by atoms with Crippen LogP contribution in [0.25, 0.3) is 0 Å². The Kier molecular flexibility index (Phi) is 5.58. The van der Waals surface area contributed by atoms with Crippen molar-refractivity contribution in [3.63, 3.8) is 0 Å². The summed E-state index contributed by atoms with van der Waals surface area (Å²) < 4.78 is 15.3. The maximum atomic E-state index is 12.3. The molecule has 0 aliphatic heterocycles. The molecule has 0 N–H and O–H groups in total. The zero-order valence-electron chi connectivity index (χ0n) is 13.6. The number of ketones is 1. The van der Waals surface area contributed by atoms with E-state index in [1.54, 1.807) is 42.5 Å². The first-order chi connectivity index (χ1) is 11.5. The van der Waals surface area contributed by atoms with Gasteiger partial charge in [0.2, 0.25) is 5.78 Å². The lowest BCUT2D eigenvalue weighted by molar-refractivity contribution is -0.131. The number of benzene rings is 2. The van der Waals surface area contributed by atoms with Gasteiger partial charge in [-0.15, -0.1) is 0 Å². The molecule has 0 heterocycles. The quantitative estimate of drug-likeness (QED) is 0.374. The summed E-state index contributed by atoms with van der Waals surface area (Å²) >= 11 is 0. The molecule has 5 nitrogen and oxygen atoms in total. The summed E-state index contributed by atoms with van der Waals surface area (Å²) in [7, 11) is 3.07. The number of rotatable bonds is 4. The summed E-state index contributed by atoms with van der Waals surface area (Å²) in [5.74, 6) is 5.70. The van der Waals surface area contributed by atoms with Gasteiger partial charge in [0, 0.05) is 18.6 Å². The number of Topliss-reactive ketones (excluding diaryl/α,β-unsaturated/α-hetero) is 1. The lowest BCUT2D eigenvalue weighted by atomic mass is 10.1. The molecular weight excluding hydrogens is 308 g/mol. The number of carbonyl (C=O) groups is 2. The fourth-order valence-electron chi connectivity index (χ4n) is 1.97. The monoisotopic (exact) mass is 324 g/mol. The Morgan fingerprint density at radius 1 is 0.958 bits per heavy atom. The second-order valence-electron chi connectivity index (χ2n) is 4.77. The van der Waals surface area contributed by atoms with Gasteiger partial charge in [-0.1, -0.05) is 18.1 Å². The van der Waals surface area contributed by atoms with Crippen molar-refractivity contribution in [2.45, 2.75) is 6.92 Å². The van der Waals surface area contributed by atoms with Crippen molar-refractivity contribution in [2.24, 2.45) is 0 Å². The fraction of sp³-hybridized carbons (Fsp3) is 0.158. The first kappa shape index (κ1) is 17.1. The SMILES string of the molecule is COc1cc(C#CC(=O)c2ccccc2OC(C)=O)cc(OC)c1. The van der Waals surface area contributed by atoms with Crippen molar-refractivity contribution in [1.29, 1.82) is 0 Å². The molecule has 0 unspecified atom stereocenters. The molecule has 0 aliphatic carbocycles. The van der Waals surface area contributed by atoms with Crippen LogP contribution in [0.4, 0.5) is 0 Å². The predicted molar refractivity (Wildman–Crippen MR) is 88.5 cm³/mol. The lowest BCUT2D eigenvalue weighted by Gasteiger charge is -2.05. The van der Waals surface area contributed by atoms with Gasteiger partial charge in [0.1, 0.15) is 17.2 Å². The zero-order valence-corrected chi connectivity index (χ0v) is 13.6. The summed E-state index contributed by atoms with van der Waals surface area (Å²) in [6.07, 6.45) is 0. The van der Waals surface area contributed by atoms with Crippen LogP contribution < -0.4 is 14.2 Å². The minimum atomic E-state index is -0.499. The number of ether oxygens (including phenoxy) is 3. The number of methoxy groups -OCH3 is 2. The van der Waals surface area contributed by atoms with Crippen LogP contribution in [0, 0.1) is 11.8 Å². The Bertz CT molecular complexity index is 805. The minimum Gasteiger partial charge on any atom is -0.497 e. The summed E-state index contributed by atoms with van der Waals surface area (Å²) in [6, 6.07) is 11.6. The standard InChI is InChI=1S/C19H16O5/c1-13(20)24-19-7-5-4-6-17(19)18(21)9-8-14-10-15(22-2)12-16(11-14)23-3/h4-7,10-12H,1-3H3. The van der Waals surface area contributed by atoms with E-state index in [-0.39, 0.29) is 11.3 Å². The molecule has 0 radical (unpaired) electrons. The Balaban J connectivity index is 2.32. The average molecular weight is 324 g/mol. The number of hydrogen-bond acceptors (Lipinski definition) is 5. The average Bonchev–Trinajstić information content (AvgIpc) is 2.59. The number of para-hydroxylation sites is 1. The fourth-order valence-corrected chi connectivity index (χ4v) is 1.97. The topological polar surface area (TPSA) is 61.8 Å². The van der Waals surface area contributed by atoms with Crippen molar-refractivity contribution in [3.05, 3.63) is 53.6 Å². The van der Waals surface area contributed by atoms with Gasteiger partial charge >= 0.3 is 5.97 Å². The summed E-state index contributed by atoms with van der Waals surface area (Å²) in [6.45, 7) is 1.27. The van der Waals surface area contributed by atoms with Crippen LogP contribution in [-0.4, -0.2) is 26.0 Å². The van der Waals surface area contributed by atoms with E-state index in [0.29, 0.717) is 17.1 Å². The Labute approximate surface area is 140 Å². The molecule has 0 bridgehead atoms. The molecule has 0 aromatic heterocycles. The third-order valence-corrected chi connectivity index (χ3v) is 3.06. The normalized spacial score (nSPS) is 9.46. The van der Waals surface area contributed by atoms with Crippen LogP contribution in [-0.2, 0) is 4.79 Å². The van der Waals surface area contributed by atoms with Crippen molar-refractivity contribution >= 4 is 11.8 Å². The van der Waals surface area contributed by atoms with Gasteiger partial charge in [0.25, 0.3) is 0 Å². The van der Waals surface area contributed by atoms with Gasteiger partial charge in [-0.25, -0.2) is 0 Å². The lowest BCUT2D eigenvalue weighted by Crippen LogP contribution is -2.06. The summed E-state index contributed by atoms with van der Waals surface area (Å²) in [5.41, 5.74) is 0.805. The molecule has 24 heavy (non-hydrogen) atoms. The molecule has 122 valence electrons. The van der Waals surface area contributed by atoms with E-state index in [1.165, 1.54) is 21.1 Å². The maximum Gasteiger partial charge on any atom is 0.308 e. The van der Waals surface area contributed by atoms with Gasteiger partial charge in [-0.3, -0.25) is 9.59 Å². The Morgan fingerprint density at radius 3 is 2.17 bits per heavy atom. The van der Waals surface area contributed by atoms with E-state index in [1.807, 2.05) is 0 Å². The molecule has 0 spiro atoms. The van der Waals surface area contributed by atoms with Gasteiger partial charge < -0.3 is 14.2 Å². The second kappa shape index (κ2) is 7.84. The predicted octanol–water partition coefficient (Wildman–Crippen LogP) is 2.86. The molecule has 2 aromatic rings. The van der Waals surface area contributed by atoms with Crippen molar-refractivity contribution in [1.82, 2.24) is 0 Å². The van der Waals surface area contributed by atoms with Gasteiger partial charge in [-0.2, -0.15) is 0 Å². The zero-order chi connectivity index (χ0) is 17.5. The Hall–Kier alpha value is -3.26. The number of esters is 1.